The van der Waals surface area contributed by atoms with Crippen molar-refractivity contribution in [1.82, 2.24) is 20.4 Å². The summed E-state index contributed by atoms with van der Waals surface area (Å²) in [5.41, 5.74) is 1.11. The molecule has 2 N–H and O–H groups in total. The highest BCUT2D eigenvalue weighted by Crippen LogP contribution is 2.30. The molecule has 0 aliphatic carbocycles. The van der Waals surface area contributed by atoms with Gasteiger partial charge in [-0.2, -0.15) is 5.10 Å². The van der Waals surface area contributed by atoms with Gasteiger partial charge in [0.25, 0.3) is 0 Å². The minimum Gasteiger partial charge on any atom is -0.348 e. The van der Waals surface area contributed by atoms with Gasteiger partial charge in [-0.3, -0.25) is 9.48 Å². The van der Waals surface area contributed by atoms with Gasteiger partial charge in [0.15, 0.2) is 0 Å². The van der Waals surface area contributed by atoms with E-state index < -0.39 is 0 Å². The molecule has 22 heavy (non-hydrogen) atoms. The Labute approximate surface area is 138 Å². The molecule has 1 aliphatic rings. The summed E-state index contributed by atoms with van der Waals surface area (Å²) < 4.78 is 2.52. The third-order valence-electron chi connectivity index (χ3n) is 4.08. The van der Waals surface area contributed by atoms with E-state index in [1.807, 2.05) is 38.5 Å². The van der Waals surface area contributed by atoms with Crippen LogP contribution in [-0.2, 0) is 11.8 Å². The predicted octanol–water partition coefficient (Wildman–Crippen LogP) is 2.32. The molecule has 3 atom stereocenters. The third-order valence-corrected chi connectivity index (χ3v) is 5.50. The van der Waals surface area contributed by atoms with Crippen molar-refractivity contribution in [2.45, 2.75) is 18.9 Å². The van der Waals surface area contributed by atoms with Crippen molar-refractivity contribution in [2.24, 2.45) is 13.0 Å². The Balaban J connectivity index is 1.68. The average molecular weight is 339 g/mol. The maximum Gasteiger partial charge on any atom is 0.225 e. The number of nitrogens with zero attached hydrogens (tertiary/aromatic N) is 2. The number of aromatic nitrogens is 2. The maximum absolute atomic E-state index is 12.6. The first-order valence-electron chi connectivity index (χ1n) is 7.29. The SMILES string of the molecule is CC(NC(=O)[C@H]1CNC[C@@H]1c1cnn(C)c1)c1ccc(Cl)s1. The van der Waals surface area contributed by atoms with E-state index in [2.05, 4.69) is 15.7 Å². The molecule has 0 bridgehead atoms. The lowest BCUT2D eigenvalue weighted by Gasteiger charge is -2.20. The summed E-state index contributed by atoms with van der Waals surface area (Å²) in [6, 6.07) is 3.80. The Hall–Kier alpha value is -1.37. The van der Waals surface area contributed by atoms with E-state index in [1.165, 1.54) is 11.3 Å². The molecule has 1 unspecified atom stereocenters. The van der Waals surface area contributed by atoms with E-state index in [9.17, 15) is 4.79 Å². The van der Waals surface area contributed by atoms with Gasteiger partial charge >= 0.3 is 0 Å². The van der Waals surface area contributed by atoms with Crippen molar-refractivity contribution >= 4 is 28.8 Å². The van der Waals surface area contributed by atoms with Crippen LogP contribution in [0.1, 0.15) is 29.3 Å². The van der Waals surface area contributed by atoms with Gasteiger partial charge in [-0.25, -0.2) is 0 Å². The first kappa shape index (κ1) is 15.5. The number of thiophene rings is 1. The monoisotopic (exact) mass is 338 g/mol. The normalized spacial score (nSPS) is 22.7. The Morgan fingerprint density at radius 3 is 3.00 bits per heavy atom. The number of rotatable bonds is 4. The molecule has 1 saturated heterocycles. The van der Waals surface area contributed by atoms with Crippen molar-refractivity contribution in [1.29, 1.82) is 0 Å². The molecular formula is C15H19ClN4OS. The average Bonchev–Trinajstić information content (AvgIpc) is 3.17. The van der Waals surface area contributed by atoms with Gasteiger partial charge in [-0.15, -0.1) is 11.3 Å². The maximum atomic E-state index is 12.6. The van der Waals surface area contributed by atoms with Crippen LogP contribution in [0.5, 0.6) is 0 Å². The van der Waals surface area contributed by atoms with Gasteiger partial charge in [0.05, 0.1) is 22.5 Å². The third kappa shape index (κ3) is 3.19. The van der Waals surface area contributed by atoms with Crippen LogP contribution in [0, 0.1) is 5.92 Å². The second-order valence-corrected chi connectivity index (χ2v) is 7.44. The van der Waals surface area contributed by atoms with Crippen LogP contribution in [0.3, 0.4) is 0 Å². The first-order chi connectivity index (χ1) is 10.5. The van der Waals surface area contributed by atoms with E-state index >= 15 is 0 Å². The number of carbonyl (C=O) groups is 1. The molecule has 5 nitrogen and oxygen atoms in total. The Kier molecular flexibility index (Phi) is 4.52. The molecule has 0 radical (unpaired) electrons. The van der Waals surface area contributed by atoms with Crippen LogP contribution >= 0.6 is 22.9 Å². The zero-order valence-electron chi connectivity index (χ0n) is 12.5. The van der Waals surface area contributed by atoms with Crippen molar-refractivity contribution in [3.63, 3.8) is 0 Å². The molecule has 0 aromatic carbocycles. The number of halogens is 1. The number of nitrogens with one attached hydrogen (secondary N) is 2. The van der Waals surface area contributed by atoms with E-state index in [4.69, 9.17) is 11.6 Å². The second kappa shape index (κ2) is 6.40. The molecule has 0 spiro atoms. The summed E-state index contributed by atoms with van der Waals surface area (Å²) in [5, 5.41) is 10.6. The molecule has 7 heteroatoms. The Morgan fingerprint density at radius 1 is 1.55 bits per heavy atom. The fraction of sp³-hybridized carbons (Fsp3) is 0.467. The van der Waals surface area contributed by atoms with Crippen LogP contribution in [0.4, 0.5) is 0 Å². The van der Waals surface area contributed by atoms with Crippen LogP contribution in [0.25, 0.3) is 0 Å². The quantitative estimate of drug-likeness (QED) is 0.899. The minimum atomic E-state index is -0.0675. The molecular weight excluding hydrogens is 320 g/mol. The fourth-order valence-electron chi connectivity index (χ4n) is 2.89. The molecule has 0 saturated carbocycles. The number of aryl methyl sites for hydroxylation is 1. The van der Waals surface area contributed by atoms with Crippen molar-refractivity contribution in [2.75, 3.05) is 13.1 Å². The molecule has 1 fully saturated rings. The highest BCUT2D eigenvalue weighted by molar-refractivity contribution is 7.16. The van der Waals surface area contributed by atoms with E-state index in [0.717, 1.165) is 21.3 Å². The summed E-state index contributed by atoms with van der Waals surface area (Å²) in [6.07, 6.45) is 3.83. The topological polar surface area (TPSA) is 59.0 Å². The van der Waals surface area contributed by atoms with Gasteiger partial charge < -0.3 is 10.6 Å². The fourth-order valence-corrected chi connectivity index (χ4v) is 3.95. The van der Waals surface area contributed by atoms with Crippen LogP contribution < -0.4 is 10.6 Å². The second-order valence-electron chi connectivity index (χ2n) is 5.69. The molecule has 118 valence electrons. The minimum absolute atomic E-state index is 0.0276. The molecule has 1 amide bonds. The van der Waals surface area contributed by atoms with Gasteiger partial charge in [0.1, 0.15) is 0 Å². The van der Waals surface area contributed by atoms with Crippen molar-refractivity contribution < 1.29 is 4.79 Å². The van der Waals surface area contributed by atoms with Gasteiger partial charge in [0.2, 0.25) is 5.91 Å². The summed E-state index contributed by atoms with van der Waals surface area (Å²) in [5.74, 6) is 0.186. The number of hydrogen-bond acceptors (Lipinski definition) is 4. The highest BCUT2D eigenvalue weighted by Gasteiger charge is 2.35. The van der Waals surface area contributed by atoms with Crippen molar-refractivity contribution in [3.05, 3.63) is 39.3 Å². The van der Waals surface area contributed by atoms with Crippen LogP contribution in [0.15, 0.2) is 24.5 Å². The predicted molar refractivity (Wildman–Crippen MR) is 88.2 cm³/mol. The van der Waals surface area contributed by atoms with E-state index in [0.29, 0.717) is 6.54 Å². The van der Waals surface area contributed by atoms with Crippen LogP contribution in [-0.4, -0.2) is 28.8 Å². The molecule has 2 aromatic rings. The smallest absolute Gasteiger partial charge is 0.225 e. The summed E-state index contributed by atoms with van der Waals surface area (Å²) >= 11 is 7.46. The molecule has 2 aromatic heterocycles. The van der Waals surface area contributed by atoms with Gasteiger partial charge in [-0.1, -0.05) is 11.6 Å². The lowest BCUT2D eigenvalue weighted by molar-refractivity contribution is -0.125. The zero-order valence-corrected chi connectivity index (χ0v) is 14.1. The number of hydrogen-bond donors (Lipinski definition) is 2. The summed E-state index contributed by atoms with van der Waals surface area (Å²) in [4.78, 5) is 13.7. The van der Waals surface area contributed by atoms with Crippen LogP contribution in [0.2, 0.25) is 4.34 Å². The standard InChI is InChI=1S/C15H19ClN4OS/c1-9(13-3-4-14(16)22-13)19-15(21)12-7-17-6-11(12)10-5-18-20(2)8-10/h3-5,8-9,11-12,17H,6-7H2,1-2H3,(H,19,21)/t9?,11-,12+/m1/s1. The van der Waals surface area contributed by atoms with E-state index in [-0.39, 0.29) is 23.8 Å². The van der Waals surface area contributed by atoms with E-state index in [1.54, 1.807) is 4.68 Å². The Morgan fingerprint density at radius 2 is 2.36 bits per heavy atom. The summed E-state index contributed by atoms with van der Waals surface area (Å²) in [7, 11) is 1.89. The molecule has 1 aliphatic heterocycles. The first-order valence-corrected chi connectivity index (χ1v) is 8.49. The zero-order chi connectivity index (χ0) is 15.7. The number of amides is 1. The summed E-state index contributed by atoms with van der Waals surface area (Å²) in [6.45, 7) is 3.49. The molecule has 3 rings (SSSR count). The largest absolute Gasteiger partial charge is 0.348 e. The van der Waals surface area contributed by atoms with Gasteiger partial charge in [0, 0.05) is 37.1 Å². The Bertz CT molecular complexity index is 668. The number of carbonyl (C=O) groups excluding carboxylic acids is 1. The molecule has 3 heterocycles. The van der Waals surface area contributed by atoms with Crippen molar-refractivity contribution in [3.8, 4) is 0 Å². The lowest BCUT2D eigenvalue weighted by atomic mass is 9.90. The highest BCUT2D eigenvalue weighted by atomic mass is 35.5. The van der Waals surface area contributed by atoms with Gasteiger partial charge in [-0.05, 0) is 24.6 Å². The lowest BCUT2D eigenvalue weighted by Crippen LogP contribution is -2.35.